The predicted molar refractivity (Wildman–Crippen MR) is 163 cm³/mol. The number of rotatable bonds is 1. The van der Waals surface area contributed by atoms with Crippen LogP contribution in [-0.2, 0) is 22.4 Å². The van der Waals surface area contributed by atoms with Crippen LogP contribution in [0.1, 0.15) is 0 Å². The Balaban J connectivity index is 0.00000289. The van der Waals surface area contributed by atoms with Crippen LogP contribution in [-0.4, -0.2) is 44.8 Å². The third-order valence-corrected chi connectivity index (χ3v) is 7.75. The van der Waals surface area contributed by atoms with E-state index in [9.17, 15) is 10.1 Å². The van der Waals surface area contributed by atoms with Crippen molar-refractivity contribution in [1.82, 2.24) is 39.9 Å². The number of hydrogen-bond donors (Lipinski definition) is 2. The first-order chi connectivity index (χ1) is 21.1. The van der Waals surface area contributed by atoms with E-state index in [1.165, 1.54) is 6.07 Å². The van der Waals surface area contributed by atoms with Crippen LogP contribution < -0.4 is 0 Å². The van der Waals surface area contributed by atoms with Crippen LogP contribution in [0.4, 0.5) is 5.69 Å². The molecule has 2 aliphatic rings. The van der Waals surface area contributed by atoms with Gasteiger partial charge in [0, 0.05) is 44.5 Å². The fourth-order valence-corrected chi connectivity index (χ4v) is 5.82. The summed E-state index contributed by atoms with van der Waals surface area (Å²) in [6, 6.07) is 28.1. The van der Waals surface area contributed by atoms with E-state index in [0.29, 0.717) is 51.0 Å². The fraction of sp³-hybridized carbons (Fsp3) is 0. The minimum atomic E-state index is -0.417. The number of nitrogens with one attached hydrogen (secondary N) is 2. The van der Waals surface area contributed by atoms with Crippen LogP contribution in [0.5, 0.6) is 0 Å². The molecule has 0 atom stereocenters. The summed E-state index contributed by atoms with van der Waals surface area (Å²) in [7, 11) is 0. The molecule has 0 radical (unpaired) electrons. The standard InChI is InChI=1S/C32H17N9O2.Au/c42-41(43)23-15-7-14-22-24(23)32-39-30-21-13-6-5-12-20(21)28(37-30)35-26-17-9-2-1-8-16(17)25(33-26)34-27-18-10-3-4-11-19(18)29(36-27)38-31(22)40-32;/h1-15H,(H2,33,34,35,36,37,38,39,40);/q;+1. The van der Waals surface area contributed by atoms with E-state index in [4.69, 9.17) is 29.9 Å². The molecule has 3 aromatic heterocycles. The molecule has 0 saturated heterocycles. The number of benzene rings is 4. The molecule has 0 fully saturated rings. The Bertz CT molecular complexity index is 2520. The second-order valence-corrected chi connectivity index (χ2v) is 10.2. The van der Waals surface area contributed by atoms with E-state index in [1.807, 2.05) is 72.8 Å². The van der Waals surface area contributed by atoms with Gasteiger partial charge in [-0.2, -0.15) is 0 Å². The average Bonchev–Trinajstić information content (AvgIpc) is 3.76. The third kappa shape index (κ3) is 3.81. The number of aromatic nitrogens is 8. The quantitative estimate of drug-likeness (QED) is 0.106. The molecule has 11 nitrogen and oxygen atoms in total. The third-order valence-electron chi connectivity index (χ3n) is 7.75. The van der Waals surface area contributed by atoms with Crippen molar-refractivity contribution in [3.05, 3.63) is 101 Å². The Hall–Kier alpha value is -5.62. The van der Waals surface area contributed by atoms with Crippen molar-refractivity contribution in [2.75, 3.05) is 0 Å². The first-order valence-electron chi connectivity index (χ1n) is 13.5. The second-order valence-electron chi connectivity index (χ2n) is 10.2. The number of nitro groups is 1. The summed E-state index contributed by atoms with van der Waals surface area (Å²) in [4.78, 5) is 47.7. The van der Waals surface area contributed by atoms with E-state index in [0.717, 1.165) is 33.0 Å². The van der Waals surface area contributed by atoms with Gasteiger partial charge in [0.2, 0.25) is 0 Å². The molecule has 7 aromatic rings. The molecule has 0 saturated carbocycles. The summed E-state index contributed by atoms with van der Waals surface area (Å²) in [6.45, 7) is 0. The van der Waals surface area contributed by atoms with Gasteiger partial charge in [-0.1, -0.05) is 84.9 Å². The van der Waals surface area contributed by atoms with Gasteiger partial charge in [-0.3, -0.25) is 10.1 Å². The molecular formula is C32H17AuN9O2+. The van der Waals surface area contributed by atoms with Crippen molar-refractivity contribution in [1.29, 1.82) is 0 Å². The normalized spacial score (nSPS) is 11.6. The zero-order chi connectivity index (χ0) is 28.7. The van der Waals surface area contributed by atoms with Crippen LogP contribution in [0.25, 0.3) is 89.7 Å². The summed E-state index contributed by atoms with van der Waals surface area (Å²) >= 11 is 0. The predicted octanol–water partition coefficient (Wildman–Crippen LogP) is 6.77. The molecule has 8 bridgehead atoms. The van der Waals surface area contributed by atoms with Gasteiger partial charge in [-0.25, -0.2) is 29.9 Å². The Kier molecular flexibility index (Phi) is 5.75. The molecule has 212 valence electrons. The summed E-state index contributed by atoms with van der Waals surface area (Å²) in [5, 5.41) is 14.8. The second kappa shape index (κ2) is 9.71. The topological polar surface area (TPSA) is 152 Å². The zero-order valence-corrected chi connectivity index (χ0v) is 24.6. The van der Waals surface area contributed by atoms with Crippen LogP contribution >= 0.6 is 0 Å². The summed E-state index contributed by atoms with van der Waals surface area (Å²) in [6.07, 6.45) is 0. The number of non-ortho nitro benzene ring substituents is 1. The van der Waals surface area contributed by atoms with E-state index < -0.39 is 4.92 Å². The van der Waals surface area contributed by atoms with E-state index in [-0.39, 0.29) is 33.7 Å². The van der Waals surface area contributed by atoms with Crippen LogP contribution in [0, 0.1) is 10.1 Å². The largest absolute Gasteiger partial charge is 1.00 e. The summed E-state index contributed by atoms with van der Waals surface area (Å²) in [5.41, 5.74) is 4.97. The van der Waals surface area contributed by atoms with Crippen LogP contribution in [0.15, 0.2) is 91.0 Å². The molecule has 9 rings (SSSR count). The molecule has 0 amide bonds. The van der Waals surface area contributed by atoms with E-state index in [2.05, 4.69) is 9.97 Å². The van der Waals surface area contributed by atoms with Gasteiger partial charge in [-0.05, 0) is 0 Å². The Morgan fingerprint density at radius 2 is 0.864 bits per heavy atom. The van der Waals surface area contributed by atoms with Crippen LogP contribution in [0.3, 0.4) is 0 Å². The molecule has 4 aromatic carbocycles. The maximum absolute atomic E-state index is 12.1. The van der Waals surface area contributed by atoms with Crippen molar-refractivity contribution in [2.24, 2.45) is 0 Å². The average molecular weight is 757 g/mol. The van der Waals surface area contributed by atoms with Gasteiger partial charge in [-0.15, -0.1) is 0 Å². The number of hydrogen-bond acceptors (Lipinski definition) is 8. The van der Waals surface area contributed by atoms with Gasteiger partial charge < -0.3 is 9.97 Å². The van der Waals surface area contributed by atoms with Gasteiger partial charge >= 0.3 is 22.4 Å². The van der Waals surface area contributed by atoms with Crippen molar-refractivity contribution in [3.8, 4) is 45.6 Å². The molecule has 0 spiro atoms. The SMILES string of the molecule is O=[N+]([O-])c1cccc2c3nc4nc(nc5[nH]c(nc6nc(nc([nH]3)c12)-c1ccccc1-6)c1ccccc51)-c1ccccc1-4.[Au+]. The number of nitrogens with zero attached hydrogens (tertiary/aromatic N) is 7. The minimum absolute atomic E-state index is 0. The Morgan fingerprint density at radius 3 is 1.34 bits per heavy atom. The van der Waals surface area contributed by atoms with Gasteiger partial charge in [0.05, 0.1) is 4.92 Å². The maximum atomic E-state index is 12.1. The minimum Gasteiger partial charge on any atom is -0.324 e. The molecule has 2 N–H and O–H groups in total. The van der Waals surface area contributed by atoms with Gasteiger partial charge in [0.1, 0.15) is 28.0 Å². The van der Waals surface area contributed by atoms with Crippen molar-refractivity contribution in [2.45, 2.75) is 0 Å². The summed E-state index contributed by atoms with van der Waals surface area (Å²) < 4.78 is 0. The van der Waals surface area contributed by atoms with E-state index >= 15 is 0 Å². The summed E-state index contributed by atoms with van der Waals surface area (Å²) in [5.74, 6) is 1.78. The Labute approximate surface area is 262 Å². The molecule has 0 aliphatic carbocycles. The zero-order valence-electron chi connectivity index (χ0n) is 22.4. The Morgan fingerprint density at radius 1 is 0.477 bits per heavy atom. The first-order valence-corrected chi connectivity index (χ1v) is 13.5. The van der Waals surface area contributed by atoms with Gasteiger partial charge in [0.25, 0.3) is 5.69 Å². The van der Waals surface area contributed by atoms with Crippen LogP contribution in [0.2, 0.25) is 0 Å². The number of aromatic amines is 2. The fourth-order valence-electron chi connectivity index (χ4n) is 5.82. The first kappa shape index (κ1) is 26.0. The molecule has 12 heteroatoms. The van der Waals surface area contributed by atoms with Crippen molar-refractivity contribution < 1.29 is 27.3 Å². The molecule has 5 heterocycles. The van der Waals surface area contributed by atoms with Crippen molar-refractivity contribution in [3.63, 3.8) is 0 Å². The number of fused-ring (bicyclic) bond motifs is 20. The van der Waals surface area contributed by atoms with Gasteiger partial charge in [0.15, 0.2) is 23.3 Å². The maximum Gasteiger partial charge on any atom is 1.00 e. The molecule has 44 heavy (non-hydrogen) atoms. The van der Waals surface area contributed by atoms with Crippen molar-refractivity contribution >= 4 is 49.8 Å². The monoisotopic (exact) mass is 756 g/mol. The smallest absolute Gasteiger partial charge is 0.324 e. The molecule has 2 aliphatic heterocycles. The molecule has 0 unspecified atom stereocenters. The number of nitro benzene ring substituents is 1. The molecular weight excluding hydrogens is 739 g/mol. The van der Waals surface area contributed by atoms with E-state index in [1.54, 1.807) is 12.1 Å². The number of H-pyrrole nitrogens is 2.